The average Bonchev–Trinajstić information content (AvgIpc) is 3.01. The highest BCUT2D eigenvalue weighted by Crippen LogP contribution is 2.44. The van der Waals surface area contributed by atoms with Crippen LogP contribution in [0.2, 0.25) is 0 Å². The molecule has 0 aliphatic heterocycles. The van der Waals surface area contributed by atoms with Gasteiger partial charge in [-0.3, -0.25) is 9.78 Å². The second-order valence-electron chi connectivity index (χ2n) is 6.01. The van der Waals surface area contributed by atoms with Crippen molar-refractivity contribution in [3.05, 3.63) is 83.7 Å². The predicted octanol–water partition coefficient (Wildman–Crippen LogP) is 3.52. The van der Waals surface area contributed by atoms with Crippen LogP contribution in [0.15, 0.2) is 66.9 Å². The van der Waals surface area contributed by atoms with E-state index in [2.05, 4.69) is 22.4 Å². The van der Waals surface area contributed by atoms with Crippen LogP contribution in [-0.4, -0.2) is 18.0 Å². The summed E-state index contributed by atoms with van der Waals surface area (Å²) in [5, 5.41) is 3.02. The molecule has 2 aromatic carbocycles. The first-order chi connectivity index (χ1) is 12.3. The first kappa shape index (κ1) is 15.4. The lowest BCUT2D eigenvalue weighted by Crippen LogP contribution is -2.29. The third-order valence-corrected chi connectivity index (χ3v) is 4.56. The zero-order valence-electron chi connectivity index (χ0n) is 13.9. The molecule has 25 heavy (non-hydrogen) atoms. The van der Waals surface area contributed by atoms with Gasteiger partial charge in [0.15, 0.2) is 0 Å². The number of amides is 1. The molecule has 0 saturated heterocycles. The summed E-state index contributed by atoms with van der Waals surface area (Å²) in [4.78, 5) is 17.2. The maximum absolute atomic E-state index is 12.9. The second-order valence-corrected chi connectivity index (χ2v) is 6.01. The summed E-state index contributed by atoms with van der Waals surface area (Å²) < 4.78 is 5.20. The van der Waals surface area contributed by atoms with Crippen LogP contribution in [0.5, 0.6) is 5.75 Å². The van der Waals surface area contributed by atoms with Crippen LogP contribution >= 0.6 is 0 Å². The van der Waals surface area contributed by atoms with Crippen LogP contribution in [0.1, 0.15) is 22.7 Å². The van der Waals surface area contributed by atoms with E-state index in [4.69, 9.17) is 4.74 Å². The van der Waals surface area contributed by atoms with Gasteiger partial charge < -0.3 is 10.1 Å². The SMILES string of the molecule is COc1ccnc(CNC(=O)C2c3ccccc3-c3ccccc32)c1. The van der Waals surface area contributed by atoms with E-state index in [1.807, 2.05) is 42.5 Å². The molecule has 0 saturated carbocycles. The first-order valence-corrected chi connectivity index (χ1v) is 8.23. The molecule has 0 fully saturated rings. The van der Waals surface area contributed by atoms with Crippen LogP contribution in [0.3, 0.4) is 0 Å². The van der Waals surface area contributed by atoms with Crippen molar-refractivity contribution in [1.82, 2.24) is 10.3 Å². The lowest BCUT2D eigenvalue weighted by Gasteiger charge is -2.14. The molecule has 1 aliphatic carbocycles. The van der Waals surface area contributed by atoms with E-state index < -0.39 is 0 Å². The highest BCUT2D eigenvalue weighted by atomic mass is 16.5. The molecule has 0 radical (unpaired) electrons. The van der Waals surface area contributed by atoms with Crippen molar-refractivity contribution in [2.45, 2.75) is 12.5 Å². The summed E-state index contributed by atoms with van der Waals surface area (Å²) in [5.41, 5.74) is 5.15. The lowest BCUT2D eigenvalue weighted by molar-refractivity contribution is -0.121. The number of hydrogen-bond donors (Lipinski definition) is 1. The molecule has 1 heterocycles. The summed E-state index contributed by atoms with van der Waals surface area (Å²) in [6.07, 6.45) is 1.68. The molecule has 3 aromatic rings. The Morgan fingerprint density at radius 3 is 2.32 bits per heavy atom. The van der Waals surface area contributed by atoms with Crippen molar-refractivity contribution >= 4 is 5.91 Å². The minimum Gasteiger partial charge on any atom is -0.497 e. The molecule has 1 amide bonds. The van der Waals surface area contributed by atoms with Gasteiger partial charge in [-0.25, -0.2) is 0 Å². The molecule has 0 unspecified atom stereocenters. The van der Waals surface area contributed by atoms with Gasteiger partial charge >= 0.3 is 0 Å². The molecule has 4 rings (SSSR count). The Balaban J connectivity index is 1.60. The van der Waals surface area contributed by atoms with Gasteiger partial charge in [0, 0.05) is 12.3 Å². The Kier molecular flexibility index (Phi) is 3.94. The van der Waals surface area contributed by atoms with Crippen molar-refractivity contribution in [2.75, 3.05) is 7.11 Å². The zero-order valence-corrected chi connectivity index (χ0v) is 13.9. The summed E-state index contributed by atoms with van der Waals surface area (Å²) in [5.74, 6) is 0.441. The number of rotatable bonds is 4. The zero-order chi connectivity index (χ0) is 17.2. The predicted molar refractivity (Wildman–Crippen MR) is 96.4 cm³/mol. The second kappa shape index (κ2) is 6.40. The van der Waals surface area contributed by atoms with Crippen LogP contribution < -0.4 is 10.1 Å². The maximum atomic E-state index is 12.9. The van der Waals surface area contributed by atoms with Gasteiger partial charge in [0.05, 0.1) is 25.3 Å². The number of carbonyl (C=O) groups is 1. The number of pyridine rings is 1. The largest absolute Gasteiger partial charge is 0.497 e. The number of hydrogen-bond acceptors (Lipinski definition) is 3. The summed E-state index contributed by atoms with van der Waals surface area (Å²) in [7, 11) is 1.62. The van der Waals surface area contributed by atoms with E-state index in [9.17, 15) is 4.79 Å². The third-order valence-electron chi connectivity index (χ3n) is 4.56. The standard InChI is InChI=1S/C21H18N2O2/c1-25-15-10-11-22-14(12-15)13-23-21(24)20-18-8-4-2-6-16(18)17-7-3-5-9-19(17)20/h2-12,20H,13H2,1H3,(H,23,24). The Morgan fingerprint density at radius 2 is 1.68 bits per heavy atom. The van der Waals surface area contributed by atoms with E-state index >= 15 is 0 Å². The number of nitrogens with zero attached hydrogens (tertiary/aromatic N) is 1. The highest BCUT2D eigenvalue weighted by Gasteiger charge is 2.33. The average molecular weight is 330 g/mol. The van der Waals surface area contributed by atoms with Gasteiger partial charge in [-0.05, 0) is 28.3 Å². The van der Waals surface area contributed by atoms with E-state index in [1.54, 1.807) is 19.4 Å². The number of benzene rings is 2. The van der Waals surface area contributed by atoms with E-state index in [1.165, 1.54) is 0 Å². The fourth-order valence-electron chi connectivity index (χ4n) is 3.40. The maximum Gasteiger partial charge on any atom is 0.232 e. The van der Waals surface area contributed by atoms with Crippen molar-refractivity contribution in [1.29, 1.82) is 0 Å². The van der Waals surface area contributed by atoms with Crippen LogP contribution in [0.25, 0.3) is 11.1 Å². The van der Waals surface area contributed by atoms with Gasteiger partial charge in [-0.2, -0.15) is 0 Å². The Bertz CT molecular complexity index is 891. The van der Waals surface area contributed by atoms with Crippen LogP contribution in [-0.2, 0) is 11.3 Å². The van der Waals surface area contributed by atoms with Crippen molar-refractivity contribution in [3.63, 3.8) is 0 Å². The Morgan fingerprint density at radius 1 is 1.04 bits per heavy atom. The van der Waals surface area contributed by atoms with E-state index in [0.29, 0.717) is 6.54 Å². The topological polar surface area (TPSA) is 51.2 Å². The molecule has 0 spiro atoms. The fraction of sp³-hybridized carbons (Fsp3) is 0.143. The molecule has 4 nitrogen and oxygen atoms in total. The summed E-state index contributed by atoms with van der Waals surface area (Å²) >= 11 is 0. The molecule has 1 aliphatic rings. The van der Waals surface area contributed by atoms with Gasteiger partial charge in [0.2, 0.25) is 5.91 Å². The normalized spacial score (nSPS) is 12.4. The minimum absolute atomic E-state index is 0.0120. The molecule has 1 aromatic heterocycles. The summed E-state index contributed by atoms with van der Waals surface area (Å²) in [6, 6.07) is 19.8. The Hall–Kier alpha value is -3.14. The number of carbonyl (C=O) groups excluding carboxylic acids is 1. The van der Waals surface area contributed by atoms with Crippen LogP contribution in [0.4, 0.5) is 0 Å². The lowest BCUT2D eigenvalue weighted by atomic mass is 9.96. The highest BCUT2D eigenvalue weighted by molar-refractivity contribution is 5.96. The minimum atomic E-state index is -0.280. The van der Waals surface area contributed by atoms with Crippen molar-refractivity contribution in [2.24, 2.45) is 0 Å². The monoisotopic (exact) mass is 330 g/mol. The Labute approximate surface area is 146 Å². The molecular formula is C21H18N2O2. The number of aromatic nitrogens is 1. The fourth-order valence-corrected chi connectivity index (χ4v) is 3.40. The van der Waals surface area contributed by atoms with E-state index in [-0.39, 0.29) is 11.8 Å². The number of fused-ring (bicyclic) bond motifs is 3. The number of methoxy groups -OCH3 is 1. The molecule has 124 valence electrons. The van der Waals surface area contributed by atoms with Gasteiger partial charge in [-0.15, -0.1) is 0 Å². The molecule has 4 heteroatoms. The van der Waals surface area contributed by atoms with Gasteiger partial charge in [-0.1, -0.05) is 48.5 Å². The quantitative estimate of drug-likeness (QED) is 0.796. The number of nitrogens with one attached hydrogen (secondary N) is 1. The summed E-state index contributed by atoms with van der Waals surface area (Å²) in [6.45, 7) is 0.372. The molecule has 0 bridgehead atoms. The van der Waals surface area contributed by atoms with Gasteiger partial charge in [0.1, 0.15) is 5.75 Å². The third kappa shape index (κ3) is 2.76. The molecular weight excluding hydrogens is 312 g/mol. The van der Waals surface area contributed by atoms with Gasteiger partial charge in [0.25, 0.3) is 0 Å². The smallest absolute Gasteiger partial charge is 0.232 e. The number of ether oxygens (including phenoxy) is 1. The first-order valence-electron chi connectivity index (χ1n) is 8.23. The van der Waals surface area contributed by atoms with Crippen molar-refractivity contribution in [3.8, 4) is 16.9 Å². The van der Waals surface area contributed by atoms with Crippen LogP contribution in [0, 0.1) is 0 Å². The van der Waals surface area contributed by atoms with Crippen molar-refractivity contribution < 1.29 is 9.53 Å². The van der Waals surface area contributed by atoms with E-state index in [0.717, 1.165) is 33.7 Å². The molecule has 0 atom stereocenters. The molecule has 1 N–H and O–H groups in total.